The van der Waals surface area contributed by atoms with Crippen molar-refractivity contribution in [2.45, 2.75) is 19.9 Å². The number of halogens is 2. The molecule has 90 valence electrons. The number of anilines is 1. The van der Waals surface area contributed by atoms with E-state index in [1.807, 2.05) is 0 Å². The lowest BCUT2D eigenvalue weighted by atomic mass is 10.1. The number of nitrogens with one attached hydrogen (secondary N) is 1. The van der Waals surface area contributed by atoms with Gasteiger partial charge in [0.05, 0.1) is 18.3 Å². The summed E-state index contributed by atoms with van der Waals surface area (Å²) >= 11 is 3.39. The Morgan fingerprint density at radius 1 is 1.44 bits per heavy atom. The van der Waals surface area contributed by atoms with Crippen molar-refractivity contribution in [2.75, 3.05) is 19.0 Å². The largest absolute Gasteiger partial charge is 0.383 e. The van der Waals surface area contributed by atoms with Crippen LogP contribution in [0.2, 0.25) is 0 Å². The van der Waals surface area contributed by atoms with E-state index in [2.05, 4.69) is 35.1 Å². The first kappa shape index (κ1) is 13.5. The van der Waals surface area contributed by atoms with E-state index in [0.29, 0.717) is 12.5 Å². The lowest BCUT2D eigenvalue weighted by Crippen LogP contribution is -2.30. The van der Waals surface area contributed by atoms with Crippen LogP contribution in [0.25, 0.3) is 0 Å². The molecule has 0 aromatic heterocycles. The van der Waals surface area contributed by atoms with Crippen molar-refractivity contribution < 1.29 is 9.13 Å². The zero-order chi connectivity index (χ0) is 12.1. The minimum atomic E-state index is -0.245. The van der Waals surface area contributed by atoms with Gasteiger partial charge in [-0.15, -0.1) is 0 Å². The third-order valence-electron chi connectivity index (χ3n) is 2.42. The van der Waals surface area contributed by atoms with Gasteiger partial charge in [0.25, 0.3) is 0 Å². The van der Waals surface area contributed by atoms with Crippen molar-refractivity contribution in [3.63, 3.8) is 0 Å². The third kappa shape index (κ3) is 3.76. The Hall–Kier alpha value is -0.610. The molecule has 0 aliphatic rings. The molecule has 0 saturated carbocycles. The molecule has 0 aliphatic carbocycles. The second-order valence-corrected chi connectivity index (χ2v) is 4.93. The minimum absolute atomic E-state index is 0.170. The van der Waals surface area contributed by atoms with Crippen LogP contribution in [-0.4, -0.2) is 19.8 Å². The molecule has 0 fully saturated rings. The molecule has 16 heavy (non-hydrogen) atoms. The lowest BCUT2D eigenvalue weighted by Gasteiger charge is -2.23. The van der Waals surface area contributed by atoms with E-state index in [0.717, 1.165) is 10.2 Å². The molecular weight excluding hydrogens is 273 g/mol. The molecule has 1 N–H and O–H groups in total. The number of hydrogen-bond donors (Lipinski definition) is 1. The average molecular weight is 290 g/mol. The molecule has 0 bridgehead atoms. The van der Waals surface area contributed by atoms with Crippen LogP contribution in [-0.2, 0) is 4.74 Å². The predicted octanol–water partition coefficient (Wildman–Crippen LogP) is 3.67. The van der Waals surface area contributed by atoms with Gasteiger partial charge in [0.15, 0.2) is 0 Å². The summed E-state index contributed by atoms with van der Waals surface area (Å²) in [4.78, 5) is 0. The smallest absolute Gasteiger partial charge is 0.125 e. The second-order valence-electron chi connectivity index (χ2n) is 4.07. The molecule has 0 spiro atoms. The van der Waals surface area contributed by atoms with Crippen LogP contribution in [0.4, 0.5) is 10.1 Å². The van der Waals surface area contributed by atoms with Crippen molar-refractivity contribution in [2.24, 2.45) is 5.92 Å². The summed E-state index contributed by atoms with van der Waals surface area (Å²) in [6.45, 7) is 4.80. The van der Waals surface area contributed by atoms with Gasteiger partial charge in [-0.2, -0.15) is 0 Å². The molecule has 1 unspecified atom stereocenters. The highest BCUT2D eigenvalue weighted by Crippen LogP contribution is 2.24. The zero-order valence-corrected chi connectivity index (χ0v) is 11.3. The lowest BCUT2D eigenvalue weighted by molar-refractivity contribution is 0.171. The van der Waals surface area contributed by atoms with Gasteiger partial charge in [-0.1, -0.05) is 13.8 Å². The van der Waals surface area contributed by atoms with Gasteiger partial charge in [-0.3, -0.25) is 0 Å². The van der Waals surface area contributed by atoms with Gasteiger partial charge < -0.3 is 10.1 Å². The van der Waals surface area contributed by atoms with Gasteiger partial charge in [-0.25, -0.2) is 4.39 Å². The van der Waals surface area contributed by atoms with E-state index in [1.54, 1.807) is 13.2 Å². The van der Waals surface area contributed by atoms with Crippen LogP contribution in [0.1, 0.15) is 13.8 Å². The number of methoxy groups -OCH3 is 1. The average Bonchev–Trinajstić information content (AvgIpc) is 2.22. The van der Waals surface area contributed by atoms with E-state index in [-0.39, 0.29) is 11.9 Å². The van der Waals surface area contributed by atoms with Crippen molar-refractivity contribution in [3.8, 4) is 0 Å². The van der Waals surface area contributed by atoms with Gasteiger partial charge in [0.1, 0.15) is 5.82 Å². The number of benzene rings is 1. The number of rotatable bonds is 5. The van der Waals surface area contributed by atoms with Gasteiger partial charge >= 0.3 is 0 Å². The monoisotopic (exact) mass is 289 g/mol. The van der Waals surface area contributed by atoms with Crippen molar-refractivity contribution in [1.82, 2.24) is 0 Å². The summed E-state index contributed by atoms with van der Waals surface area (Å²) in [5.74, 6) is 0.167. The quantitative estimate of drug-likeness (QED) is 0.893. The summed E-state index contributed by atoms with van der Waals surface area (Å²) in [5, 5.41) is 3.28. The Kier molecular flexibility index (Phi) is 5.22. The SMILES string of the molecule is COCC(Nc1cc(F)ccc1Br)C(C)C. The van der Waals surface area contributed by atoms with E-state index in [4.69, 9.17) is 4.74 Å². The Balaban J connectivity index is 2.80. The fourth-order valence-electron chi connectivity index (χ4n) is 1.39. The maximum atomic E-state index is 13.1. The highest BCUT2D eigenvalue weighted by molar-refractivity contribution is 9.10. The zero-order valence-electron chi connectivity index (χ0n) is 9.76. The Labute approximate surface area is 104 Å². The molecule has 0 amide bonds. The van der Waals surface area contributed by atoms with Crippen LogP contribution in [0.15, 0.2) is 22.7 Å². The third-order valence-corrected chi connectivity index (χ3v) is 3.11. The molecule has 1 aromatic rings. The van der Waals surface area contributed by atoms with Gasteiger partial charge in [0, 0.05) is 11.6 Å². The standard InChI is InChI=1S/C12H17BrFNO/c1-8(2)12(7-16-3)15-11-6-9(14)4-5-10(11)13/h4-6,8,12,15H,7H2,1-3H3. The van der Waals surface area contributed by atoms with Crippen molar-refractivity contribution in [1.29, 1.82) is 0 Å². The molecule has 0 saturated heterocycles. The van der Waals surface area contributed by atoms with Crippen LogP contribution < -0.4 is 5.32 Å². The molecule has 1 aromatic carbocycles. The molecule has 4 heteroatoms. The maximum absolute atomic E-state index is 13.1. The minimum Gasteiger partial charge on any atom is -0.383 e. The Morgan fingerprint density at radius 3 is 2.69 bits per heavy atom. The van der Waals surface area contributed by atoms with Crippen LogP contribution >= 0.6 is 15.9 Å². The van der Waals surface area contributed by atoms with E-state index < -0.39 is 0 Å². The van der Waals surface area contributed by atoms with Crippen molar-refractivity contribution >= 4 is 21.6 Å². The van der Waals surface area contributed by atoms with Gasteiger partial charge in [-0.05, 0) is 40.0 Å². The fraction of sp³-hybridized carbons (Fsp3) is 0.500. The number of ether oxygens (including phenoxy) is 1. The van der Waals surface area contributed by atoms with Crippen LogP contribution in [0.3, 0.4) is 0 Å². The molecule has 2 nitrogen and oxygen atoms in total. The van der Waals surface area contributed by atoms with E-state index in [1.165, 1.54) is 12.1 Å². The fourth-order valence-corrected chi connectivity index (χ4v) is 1.75. The van der Waals surface area contributed by atoms with Gasteiger partial charge in [0.2, 0.25) is 0 Å². The summed E-state index contributed by atoms with van der Waals surface area (Å²) in [6.07, 6.45) is 0. The Morgan fingerprint density at radius 2 is 2.12 bits per heavy atom. The van der Waals surface area contributed by atoms with Crippen molar-refractivity contribution in [3.05, 3.63) is 28.5 Å². The maximum Gasteiger partial charge on any atom is 0.125 e. The number of hydrogen-bond acceptors (Lipinski definition) is 2. The second kappa shape index (κ2) is 6.21. The van der Waals surface area contributed by atoms with E-state index >= 15 is 0 Å². The first-order valence-corrected chi connectivity index (χ1v) is 6.04. The topological polar surface area (TPSA) is 21.3 Å². The van der Waals surface area contributed by atoms with Crippen LogP contribution in [0, 0.1) is 11.7 Å². The summed E-state index contributed by atoms with van der Waals surface area (Å²) in [6, 6.07) is 4.77. The Bertz CT molecular complexity index is 344. The normalized spacial score (nSPS) is 12.9. The molecular formula is C12H17BrFNO. The summed E-state index contributed by atoms with van der Waals surface area (Å²) in [5.41, 5.74) is 0.760. The molecule has 0 radical (unpaired) electrons. The first-order chi connectivity index (χ1) is 7.54. The molecule has 1 atom stereocenters. The molecule has 0 aliphatic heterocycles. The molecule has 1 rings (SSSR count). The van der Waals surface area contributed by atoms with Crippen LogP contribution in [0.5, 0.6) is 0 Å². The van der Waals surface area contributed by atoms with E-state index in [9.17, 15) is 4.39 Å². The summed E-state index contributed by atoms with van der Waals surface area (Å²) < 4.78 is 19.1. The molecule has 0 heterocycles. The first-order valence-electron chi connectivity index (χ1n) is 5.25. The summed E-state index contributed by atoms with van der Waals surface area (Å²) in [7, 11) is 1.66. The highest BCUT2D eigenvalue weighted by Gasteiger charge is 2.14. The predicted molar refractivity (Wildman–Crippen MR) is 68.2 cm³/mol. The highest BCUT2D eigenvalue weighted by atomic mass is 79.9.